The van der Waals surface area contributed by atoms with Gasteiger partial charge in [-0.2, -0.15) is 5.10 Å². The molecule has 2 aromatic heterocycles. The number of amides is 1. The van der Waals surface area contributed by atoms with Gasteiger partial charge in [-0.1, -0.05) is 6.07 Å². The molecule has 1 fully saturated rings. The van der Waals surface area contributed by atoms with E-state index in [1.54, 1.807) is 16.8 Å². The maximum Gasteiger partial charge on any atom is 0.266 e. The summed E-state index contributed by atoms with van der Waals surface area (Å²) in [6.45, 7) is 3.94. The Hall–Kier alpha value is -2.89. The topological polar surface area (TPSA) is 71.0 Å². The average molecular weight is 350 g/mol. The van der Waals surface area contributed by atoms with Gasteiger partial charge in [0.1, 0.15) is 0 Å². The van der Waals surface area contributed by atoms with Crippen LogP contribution in [0.3, 0.4) is 0 Å². The van der Waals surface area contributed by atoms with Crippen molar-refractivity contribution < 1.29 is 4.79 Å². The number of nitrogens with zero attached hydrogens (tertiary/aromatic N) is 3. The lowest BCUT2D eigenvalue weighted by molar-refractivity contribution is 0.0680. The Morgan fingerprint density at radius 3 is 2.81 bits per heavy atom. The summed E-state index contributed by atoms with van der Waals surface area (Å²) in [6, 6.07) is 11.1. The van der Waals surface area contributed by atoms with Crippen molar-refractivity contribution in [1.29, 1.82) is 0 Å². The molecule has 0 unspecified atom stereocenters. The number of aromatic nitrogens is 3. The average Bonchev–Trinajstić information content (AvgIpc) is 3.12. The first-order chi connectivity index (χ1) is 12.6. The minimum Gasteiger partial charge on any atom is -0.361 e. The van der Waals surface area contributed by atoms with E-state index in [1.807, 2.05) is 42.3 Å². The van der Waals surface area contributed by atoms with Crippen molar-refractivity contribution in [3.8, 4) is 0 Å². The highest BCUT2D eigenvalue weighted by Crippen LogP contribution is 2.21. The standard InChI is InChI=1S/C20H22N4O2/c1-14-2-5-19(25)24(22-14)13-15-7-10-23(11-8-15)20(26)17-4-3-16-6-9-21-18(16)12-17/h2-6,9,12,15,21H,7-8,10-11,13H2,1H3. The van der Waals surface area contributed by atoms with E-state index >= 15 is 0 Å². The molecule has 0 atom stereocenters. The van der Waals surface area contributed by atoms with E-state index in [4.69, 9.17) is 0 Å². The van der Waals surface area contributed by atoms with E-state index < -0.39 is 0 Å². The normalized spacial score (nSPS) is 15.5. The van der Waals surface area contributed by atoms with Gasteiger partial charge in [0.2, 0.25) is 0 Å². The van der Waals surface area contributed by atoms with Gasteiger partial charge in [0.25, 0.3) is 11.5 Å². The molecule has 0 aliphatic carbocycles. The van der Waals surface area contributed by atoms with E-state index in [1.165, 1.54) is 0 Å². The molecule has 1 aliphatic heterocycles. The Bertz CT molecular complexity index is 996. The second kappa shape index (κ2) is 6.78. The molecule has 1 saturated heterocycles. The first-order valence-corrected chi connectivity index (χ1v) is 9.01. The highest BCUT2D eigenvalue weighted by Gasteiger charge is 2.24. The fourth-order valence-corrected chi connectivity index (χ4v) is 3.61. The highest BCUT2D eigenvalue weighted by molar-refractivity contribution is 5.97. The lowest BCUT2D eigenvalue weighted by atomic mass is 9.96. The minimum atomic E-state index is -0.0617. The van der Waals surface area contributed by atoms with E-state index in [9.17, 15) is 9.59 Å². The van der Waals surface area contributed by atoms with Gasteiger partial charge >= 0.3 is 0 Å². The van der Waals surface area contributed by atoms with Crippen LogP contribution < -0.4 is 5.56 Å². The summed E-state index contributed by atoms with van der Waals surface area (Å²) in [4.78, 5) is 29.8. The molecule has 1 N–H and O–H groups in total. The molecule has 134 valence electrons. The Labute approximate surface area is 151 Å². The van der Waals surface area contributed by atoms with E-state index in [0.717, 1.165) is 35.0 Å². The van der Waals surface area contributed by atoms with Crippen LogP contribution in [-0.2, 0) is 6.54 Å². The van der Waals surface area contributed by atoms with Crippen LogP contribution in [0.25, 0.3) is 10.9 Å². The van der Waals surface area contributed by atoms with Crippen molar-refractivity contribution in [1.82, 2.24) is 19.7 Å². The predicted molar refractivity (Wildman–Crippen MR) is 100 cm³/mol. The van der Waals surface area contributed by atoms with E-state index in [0.29, 0.717) is 25.6 Å². The number of H-pyrrole nitrogens is 1. The van der Waals surface area contributed by atoms with Gasteiger partial charge in [0.15, 0.2) is 0 Å². The van der Waals surface area contributed by atoms with Crippen LogP contribution in [0.5, 0.6) is 0 Å². The van der Waals surface area contributed by atoms with Crippen LogP contribution in [0.15, 0.2) is 47.4 Å². The van der Waals surface area contributed by atoms with Crippen molar-refractivity contribution in [2.24, 2.45) is 5.92 Å². The van der Waals surface area contributed by atoms with Gasteiger partial charge in [-0.05, 0) is 55.3 Å². The Balaban J connectivity index is 1.40. The molecule has 3 aromatic rings. The van der Waals surface area contributed by atoms with Gasteiger partial charge < -0.3 is 9.88 Å². The number of aromatic amines is 1. The van der Waals surface area contributed by atoms with Crippen LogP contribution in [-0.4, -0.2) is 38.7 Å². The second-order valence-electron chi connectivity index (χ2n) is 7.01. The van der Waals surface area contributed by atoms with E-state index in [-0.39, 0.29) is 11.5 Å². The molecule has 4 rings (SSSR count). The molecule has 1 amide bonds. The fourth-order valence-electron chi connectivity index (χ4n) is 3.61. The van der Waals surface area contributed by atoms with Crippen molar-refractivity contribution in [3.63, 3.8) is 0 Å². The number of nitrogens with one attached hydrogen (secondary N) is 1. The predicted octanol–water partition coefficient (Wildman–Crippen LogP) is 2.59. The zero-order chi connectivity index (χ0) is 18.1. The maximum absolute atomic E-state index is 12.8. The van der Waals surface area contributed by atoms with Crippen LogP contribution in [0.2, 0.25) is 0 Å². The number of hydrogen-bond acceptors (Lipinski definition) is 3. The fraction of sp³-hybridized carbons (Fsp3) is 0.350. The smallest absolute Gasteiger partial charge is 0.266 e. The van der Waals surface area contributed by atoms with E-state index in [2.05, 4.69) is 10.1 Å². The van der Waals surface area contributed by atoms with Gasteiger partial charge in [-0.3, -0.25) is 9.59 Å². The summed E-state index contributed by atoms with van der Waals surface area (Å²) in [5.41, 5.74) is 2.48. The second-order valence-corrected chi connectivity index (χ2v) is 7.01. The lowest BCUT2D eigenvalue weighted by Gasteiger charge is -2.32. The quantitative estimate of drug-likeness (QED) is 0.789. The van der Waals surface area contributed by atoms with Gasteiger partial charge in [0, 0.05) is 43.0 Å². The molecule has 3 heterocycles. The van der Waals surface area contributed by atoms with Crippen LogP contribution >= 0.6 is 0 Å². The third kappa shape index (κ3) is 3.27. The van der Waals surface area contributed by atoms with Crippen molar-refractivity contribution in [2.45, 2.75) is 26.3 Å². The number of rotatable bonds is 3. The molecule has 0 radical (unpaired) electrons. The molecule has 26 heavy (non-hydrogen) atoms. The summed E-state index contributed by atoms with van der Waals surface area (Å²) in [6.07, 6.45) is 3.66. The summed E-state index contributed by atoms with van der Waals surface area (Å²) >= 11 is 0. The number of hydrogen-bond donors (Lipinski definition) is 1. The molecule has 1 aliphatic rings. The van der Waals surface area contributed by atoms with Crippen molar-refractivity contribution >= 4 is 16.8 Å². The number of likely N-dealkylation sites (tertiary alicyclic amines) is 1. The van der Waals surface area contributed by atoms with Crippen LogP contribution in [0.1, 0.15) is 28.9 Å². The molecule has 1 aromatic carbocycles. The number of fused-ring (bicyclic) bond motifs is 1. The van der Waals surface area contributed by atoms with Crippen LogP contribution in [0.4, 0.5) is 0 Å². The molecule has 0 bridgehead atoms. The molecular weight excluding hydrogens is 328 g/mol. The largest absolute Gasteiger partial charge is 0.361 e. The summed E-state index contributed by atoms with van der Waals surface area (Å²) in [7, 11) is 0. The number of benzene rings is 1. The van der Waals surface area contributed by atoms with Gasteiger partial charge in [-0.25, -0.2) is 4.68 Å². The highest BCUT2D eigenvalue weighted by atomic mass is 16.2. The van der Waals surface area contributed by atoms with Gasteiger partial charge in [0.05, 0.1) is 5.69 Å². The summed E-state index contributed by atoms with van der Waals surface area (Å²) < 4.78 is 1.55. The number of carbonyl (C=O) groups excluding carboxylic acids is 1. The van der Waals surface area contributed by atoms with Gasteiger partial charge in [-0.15, -0.1) is 0 Å². The molecule has 6 heteroatoms. The van der Waals surface area contributed by atoms with Crippen molar-refractivity contribution in [2.75, 3.05) is 13.1 Å². The Morgan fingerprint density at radius 1 is 1.19 bits per heavy atom. The molecular formula is C20H22N4O2. The third-order valence-corrected chi connectivity index (χ3v) is 5.13. The Morgan fingerprint density at radius 2 is 2.00 bits per heavy atom. The Kier molecular flexibility index (Phi) is 4.32. The van der Waals surface area contributed by atoms with Crippen LogP contribution in [0, 0.1) is 12.8 Å². The zero-order valence-electron chi connectivity index (χ0n) is 14.8. The number of aryl methyl sites for hydroxylation is 1. The number of piperidine rings is 1. The monoisotopic (exact) mass is 350 g/mol. The number of carbonyl (C=O) groups is 1. The molecule has 0 spiro atoms. The lowest BCUT2D eigenvalue weighted by Crippen LogP contribution is -2.40. The SMILES string of the molecule is Cc1ccc(=O)n(CC2CCN(C(=O)c3ccc4cc[nH]c4c3)CC2)n1. The van der Waals surface area contributed by atoms with Crippen molar-refractivity contribution in [3.05, 3.63) is 64.2 Å². The summed E-state index contributed by atoms with van der Waals surface area (Å²) in [5, 5.41) is 5.42. The zero-order valence-corrected chi connectivity index (χ0v) is 14.8. The first-order valence-electron chi connectivity index (χ1n) is 9.01. The third-order valence-electron chi connectivity index (χ3n) is 5.13. The maximum atomic E-state index is 12.8. The minimum absolute atomic E-state index is 0.0617. The molecule has 6 nitrogen and oxygen atoms in total. The molecule has 0 saturated carbocycles. The first kappa shape index (κ1) is 16.6. The summed E-state index contributed by atoms with van der Waals surface area (Å²) in [5.74, 6) is 0.447.